The van der Waals surface area contributed by atoms with Gasteiger partial charge in [0.2, 0.25) is 0 Å². The van der Waals surface area contributed by atoms with Crippen molar-refractivity contribution in [1.82, 2.24) is 5.32 Å². The third-order valence-electron chi connectivity index (χ3n) is 2.07. The lowest BCUT2D eigenvalue weighted by molar-refractivity contribution is -0.384. The van der Waals surface area contributed by atoms with Gasteiger partial charge < -0.3 is 11.1 Å². The van der Waals surface area contributed by atoms with E-state index in [1.54, 1.807) is 0 Å². The molecule has 0 spiro atoms. The number of nitro groups is 1. The summed E-state index contributed by atoms with van der Waals surface area (Å²) in [4.78, 5) is 21.7. The van der Waals surface area contributed by atoms with E-state index < -0.39 is 4.92 Å². The molecule has 17 heavy (non-hydrogen) atoms. The highest BCUT2D eigenvalue weighted by Crippen LogP contribution is 2.22. The molecule has 1 aromatic carbocycles. The van der Waals surface area contributed by atoms with Crippen molar-refractivity contribution < 1.29 is 9.72 Å². The van der Waals surface area contributed by atoms with Gasteiger partial charge in [0.25, 0.3) is 11.6 Å². The summed E-state index contributed by atoms with van der Waals surface area (Å²) in [5.41, 5.74) is 5.61. The van der Waals surface area contributed by atoms with Crippen LogP contribution in [0.4, 0.5) is 5.69 Å². The number of carbonyl (C=O) groups is 1. The molecule has 0 aliphatic heterocycles. The van der Waals surface area contributed by atoms with Gasteiger partial charge in [0.1, 0.15) is 0 Å². The second-order valence-corrected chi connectivity index (χ2v) is 4.17. The van der Waals surface area contributed by atoms with Crippen LogP contribution in [0.5, 0.6) is 0 Å². The first-order chi connectivity index (χ1) is 8.06. The minimum absolute atomic E-state index is 0.0598. The summed E-state index contributed by atoms with van der Waals surface area (Å²) < 4.78 is 0.400. The Morgan fingerprint density at radius 3 is 2.76 bits per heavy atom. The average molecular weight is 302 g/mol. The van der Waals surface area contributed by atoms with Crippen molar-refractivity contribution >= 4 is 27.5 Å². The fourth-order valence-electron chi connectivity index (χ4n) is 1.20. The number of benzene rings is 1. The second kappa shape index (κ2) is 6.31. The normalized spacial score (nSPS) is 10.0. The average Bonchev–Trinajstić information content (AvgIpc) is 2.28. The first-order valence-electron chi connectivity index (χ1n) is 4.98. The molecule has 92 valence electrons. The smallest absolute Gasteiger partial charge is 0.270 e. The minimum Gasteiger partial charge on any atom is -0.352 e. The van der Waals surface area contributed by atoms with E-state index in [-0.39, 0.29) is 11.6 Å². The number of hydrogen-bond acceptors (Lipinski definition) is 4. The summed E-state index contributed by atoms with van der Waals surface area (Å²) in [6.07, 6.45) is 0.691. The summed E-state index contributed by atoms with van der Waals surface area (Å²) in [5, 5.41) is 13.2. The van der Waals surface area contributed by atoms with Gasteiger partial charge in [-0.3, -0.25) is 14.9 Å². The van der Waals surface area contributed by atoms with Gasteiger partial charge in [-0.25, -0.2) is 0 Å². The topological polar surface area (TPSA) is 98.3 Å². The van der Waals surface area contributed by atoms with Crippen LogP contribution in [0.3, 0.4) is 0 Å². The van der Waals surface area contributed by atoms with E-state index in [4.69, 9.17) is 5.73 Å². The molecule has 0 heterocycles. The maximum atomic E-state index is 11.7. The molecular formula is C10H12BrN3O3. The van der Waals surface area contributed by atoms with Crippen LogP contribution in [0.15, 0.2) is 22.7 Å². The van der Waals surface area contributed by atoms with Crippen molar-refractivity contribution in [2.45, 2.75) is 6.42 Å². The second-order valence-electron chi connectivity index (χ2n) is 3.32. The van der Waals surface area contributed by atoms with Crippen LogP contribution in [0, 0.1) is 10.1 Å². The number of non-ortho nitro benzene ring substituents is 1. The Bertz CT molecular complexity index is 437. The summed E-state index contributed by atoms with van der Waals surface area (Å²) in [6.45, 7) is 0.987. The molecule has 0 unspecified atom stereocenters. The van der Waals surface area contributed by atoms with Crippen LogP contribution in [-0.4, -0.2) is 23.9 Å². The molecule has 7 heteroatoms. The van der Waals surface area contributed by atoms with Gasteiger partial charge in [-0.2, -0.15) is 0 Å². The zero-order chi connectivity index (χ0) is 12.8. The third-order valence-corrected chi connectivity index (χ3v) is 2.73. The number of rotatable bonds is 5. The molecule has 0 aliphatic carbocycles. The first kappa shape index (κ1) is 13.6. The molecule has 0 aromatic heterocycles. The van der Waals surface area contributed by atoms with Crippen molar-refractivity contribution in [3.8, 4) is 0 Å². The Morgan fingerprint density at radius 1 is 1.53 bits per heavy atom. The highest BCUT2D eigenvalue weighted by molar-refractivity contribution is 9.10. The predicted octanol–water partition coefficient (Wildman–Crippen LogP) is 1.44. The molecule has 0 aliphatic rings. The molecule has 1 aromatic rings. The molecule has 0 bridgehead atoms. The first-order valence-corrected chi connectivity index (χ1v) is 5.77. The molecule has 0 fully saturated rings. The highest BCUT2D eigenvalue weighted by atomic mass is 79.9. The van der Waals surface area contributed by atoms with Crippen LogP contribution >= 0.6 is 15.9 Å². The summed E-state index contributed by atoms with van der Waals surface area (Å²) in [5.74, 6) is -0.278. The number of amides is 1. The molecule has 0 radical (unpaired) electrons. The van der Waals surface area contributed by atoms with Gasteiger partial charge in [0.05, 0.1) is 10.5 Å². The molecule has 0 saturated carbocycles. The molecule has 3 N–H and O–H groups in total. The molecule has 1 amide bonds. The molecule has 0 saturated heterocycles. The van der Waals surface area contributed by atoms with Crippen LogP contribution in [0.1, 0.15) is 16.8 Å². The quantitative estimate of drug-likeness (QED) is 0.488. The van der Waals surface area contributed by atoms with Crippen molar-refractivity contribution in [2.24, 2.45) is 5.73 Å². The van der Waals surface area contributed by atoms with E-state index in [2.05, 4.69) is 21.2 Å². The lowest BCUT2D eigenvalue weighted by Gasteiger charge is -2.05. The van der Waals surface area contributed by atoms with E-state index in [1.165, 1.54) is 18.2 Å². The van der Waals surface area contributed by atoms with Gasteiger partial charge in [0.15, 0.2) is 0 Å². The van der Waals surface area contributed by atoms with Gasteiger partial charge >= 0.3 is 0 Å². The van der Waals surface area contributed by atoms with Gasteiger partial charge in [-0.15, -0.1) is 0 Å². The van der Waals surface area contributed by atoms with Gasteiger partial charge in [0, 0.05) is 23.2 Å². The lowest BCUT2D eigenvalue weighted by Crippen LogP contribution is -2.26. The molecule has 0 atom stereocenters. The van der Waals surface area contributed by atoms with Crippen LogP contribution in [0.25, 0.3) is 0 Å². The fraction of sp³-hybridized carbons (Fsp3) is 0.300. The van der Waals surface area contributed by atoms with E-state index in [0.717, 1.165) is 0 Å². The highest BCUT2D eigenvalue weighted by Gasteiger charge is 2.13. The van der Waals surface area contributed by atoms with E-state index in [9.17, 15) is 14.9 Å². The SMILES string of the molecule is NCCCNC(=O)c1ccc([N+](=O)[O-])cc1Br. The van der Waals surface area contributed by atoms with Crippen LogP contribution in [-0.2, 0) is 0 Å². The summed E-state index contributed by atoms with van der Waals surface area (Å²) in [6, 6.07) is 4.01. The zero-order valence-electron chi connectivity index (χ0n) is 8.98. The summed E-state index contributed by atoms with van der Waals surface area (Å²) >= 11 is 3.14. The van der Waals surface area contributed by atoms with E-state index in [0.29, 0.717) is 29.5 Å². The minimum atomic E-state index is -0.513. The number of carbonyl (C=O) groups excluding carboxylic acids is 1. The monoisotopic (exact) mass is 301 g/mol. The maximum absolute atomic E-state index is 11.7. The van der Waals surface area contributed by atoms with Crippen molar-refractivity contribution in [3.63, 3.8) is 0 Å². The predicted molar refractivity (Wildman–Crippen MR) is 66.8 cm³/mol. The number of halogens is 1. The van der Waals surface area contributed by atoms with Crippen molar-refractivity contribution in [2.75, 3.05) is 13.1 Å². The summed E-state index contributed by atoms with van der Waals surface area (Å²) in [7, 11) is 0. The van der Waals surface area contributed by atoms with E-state index in [1.807, 2.05) is 0 Å². The number of nitrogens with one attached hydrogen (secondary N) is 1. The largest absolute Gasteiger partial charge is 0.352 e. The zero-order valence-corrected chi connectivity index (χ0v) is 10.6. The Kier molecular flexibility index (Phi) is 5.05. The van der Waals surface area contributed by atoms with Crippen molar-refractivity contribution in [3.05, 3.63) is 38.3 Å². The van der Waals surface area contributed by atoms with Crippen LogP contribution < -0.4 is 11.1 Å². The fourth-order valence-corrected chi connectivity index (χ4v) is 1.75. The van der Waals surface area contributed by atoms with Crippen LogP contribution in [0.2, 0.25) is 0 Å². The molecular weight excluding hydrogens is 290 g/mol. The van der Waals surface area contributed by atoms with Gasteiger partial charge in [-0.05, 0) is 35.0 Å². The number of nitrogens with two attached hydrogens (primary N) is 1. The number of hydrogen-bond donors (Lipinski definition) is 2. The number of nitro benzene ring substituents is 1. The Morgan fingerprint density at radius 2 is 2.24 bits per heavy atom. The third kappa shape index (κ3) is 3.79. The molecule has 1 rings (SSSR count). The van der Waals surface area contributed by atoms with Crippen molar-refractivity contribution in [1.29, 1.82) is 0 Å². The lowest BCUT2D eigenvalue weighted by atomic mass is 10.2. The Balaban J connectivity index is 2.78. The maximum Gasteiger partial charge on any atom is 0.270 e. The Labute approximate surface area is 106 Å². The standard InChI is InChI=1S/C10H12BrN3O3/c11-9-6-7(14(16)17)2-3-8(9)10(15)13-5-1-4-12/h2-3,6H,1,4-5,12H2,(H,13,15). The number of nitrogens with zero attached hydrogens (tertiary/aromatic N) is 1. The molecule has 6 nitrogen and oxygen atoms in total. The van der Waals surface area contributed by atoms with Gasteiger partial charge in [-0.1, -0.05) is 0 Å². The Hall–Kier alpha value is -1.47. The van der Waals surface area contributed by atoms with E-state index >= 15 is 0 Å².